The average Bonchev–Trinajstić information content (AvgIpc) is 3.33. The molecule has 1 atom stereocenters. The lowest BCUT2D eigenvalue weighted by Crippen LogP contribution is -2.46. The predicted octanol–water partition coefficient (Wildman–Crippen LogP) is 2.02. The number of aliphatic hydroxyl groups is 1. The van der Waals surface area contributed by atoms with Crippen LogP contribution in [-0.2, 0) is 30.3 Å². The van der Waals surface area contributed by atoms with E-state index in [1.807, 2.05) is 66.9 Å². The van der Waals surface area contributed by atoms with Gasteiger partial charge in [0, 0.05) is 26.0 Å². The van der Waals surface area contributed by atoms with Crippen LogP contribution >= 0.6 is 0 Å². The van der Waals surface area contributed by atoms with Gasteiger partial charge in [0.25, 0.3) is 0 Å². The number of fused-ring (bicyclic) bond motifs is 1. The van der Waals surface area contributed by atoms with Crippen molar-refractivity contribution in [3.63, 3.8) is 0 Å². The van der Waals surface area contributed by atoms with Crippen LogP contribution in [0.5, 0.6) is 0 Å². The van der Waals surface area contributed by atoms with E-state index in [1.165, 1.54) is 0 Å². The molecule has 7 heteroatoms. The van der Waals surface area contributed by atoms with Crippen LogP contribution in [0.15, 0.2) is 48.8 Å². The molecule has 2 aromatic heterocycles. The van der Waals surface area contributed by atoms with Gasteiger partial charge in [-0.1, -0.05) is 30.3 Å². The largest absolute Gasteiger partial charge is 0.379 e. The molecule has 3 heterocycles. The fourth-order valence-electron chi connectivity index (χ4n) is 3.74. The summed E-state index contributed by atoms with van der Waals surface area (Å²) in [5.41, 5.74) is 1.89. The lowest BCUT2D eigenvalue weighted by molar-refractivity contribution is -0.137. The molecule has 0 bridgehead atoms. The zero-order chi connectivity index (χ0) is 19.9. The molecule has 7 nitrogen and oxygen atoms in total. The first-order valence-corrected chi connectivity index (χ1v) is 9.44. The minimum atomic E-state index is -0.886. The number of hydrogen-bond acceptors (Lipinski definition) is 4. The monoisotopic (exact) mass is 379 g/mol. The molecule has 28 heavy (non-hydrogen) atoms. The Bertz CT molecular complexity index is 989. The van der Waals surface area contributed by atoms with Crippen LogP contribution < -0.4 is 0 Å². The van der Waals surface area contributed by atoms with Crippen molar-refractivity contribution in [3.8, 4) is 0 Å². The number of carbonyl (C=O) groups is 1. The van der Waals surface area contributed by atoms with Gasteiger partial charge < -0.3 is 14.6 Å². The van der Waals surface area contributed by atoms with Gasteiger partial charge in [-0.05, 0) is 25.5 Å². The standard InChI is InChI=1S/C21H25N5O2/c1-21(2,15-7-5-4-6-8-15)20(28)25-11-12-26-16(14-25)13-17(23-26)18(27)19-22-9-10-24(19)3/h4-10,13,18,27H,11-12,14H2,1-3H3/t18-/m1/s1. The zero-order valence-corrected chi connectivity index (χ0v) is 16.4. The highest BCUT2D eigenvalue weighted by Crippen LogP contribution is 2.28. The zero-order valence-electron chi connectivity index (χ0n) is 16.4. The summed E-state index contributed by atoms with van der Waals surface area (Å²) in [4.78, 5) is 19.3. The molecule has 0 saturated heterocycles. The second-order valence-electron chi connectivity index (χ2n) is 7.80. The summed E-state index contributed by atoms with van der Waals surface area (Å²) in [7, 11) is 1.84. The molecule has 4 rings (SSSR count). The van der Waals surface area contributed by atoms with Crippen LogP contribution in [0.3, 0.4) is 0 Å². The summed E-state index contributed by atoms with van der Waals surface area (Å²) in [5.74, 6) is 0.644. The average molecular weight is 379 g/mol. The number of aryl methyl sites for hydroxylation is 1. The third kappa shape index (κ3) is 3.11. The highest BCUT2D eigenvalue weighted by atomic mass is 16.3. The highest BCUT2D eigenvalue weighted by molar-refractivity contribution is 5.87. The number of aliphatic hydroxyl groups excluding tert-OH is 1. The van der Waals surface area contributed by atoms with E-state index in [0.717, 1.165) is 11.3 Å². The number of aromatic nitrogens is 4. The third-order valence-electron chi connectivity index (χ3n) is 5.52. The Morgan fingerprint density at radius 1 is 1.21 bits per heavy atom. The second-order valence-corrected chi connectivity index (χ2v) is 7.80. The Morgan fingerprint density at radius 2 is 1.96 bits per heavy atom. The topological polar surface area (TPSA) is 76.2 Å². The summed E-state index contributed by atoms with van der Waals surface area (Å²) in [5, 5.41) is 15.2. The van der Waals surface area contributed by atoms with Crippen molar-refractivity contribution in [2.45, 2.75) is 38.5 Å². The molecular weight excluding hydrogens is 354 g/mol. The molecule has 146 valence electrons. The molecule has 0 fully saturated rings. The van der Waals surface area contributed by atoms with Crippen LogP contribution in [0.1, 0.15) is 42.7 Å². The molecule has 1 aromatic carbocycles. The van der Waals surface area contributed by atoms with Crippen LogP contribution in [0, 0.1) is 0 Å². The second kappa shape index (κ2) is 6.91. The van der Waals surface area contributed by atoms with Crippen molar-refractivity contribution in [1.29, 1.82) is 0 Å². The SMILES string of the molecule is Cn1ccnc1[C@H](O)c1cc2n(n1)CCN(C(=O)C(C)(C)c1ccccc1)C2. The molecule has 1 amide bonds. The fourth-order valence-corrected chi connectivity index (χ4v) is 3.74. The minimum Gasteiger partial charge on any atom is -0.379 e. The van der Waals surface area contributed by atoms with Gasteiger partial charge in [-0.3, -0.25) is 9.48 Å². The number of nitrogens with zero attached hydrogens (tertiary/aromatic N) is 5. The van der Waals surface area contributed by atoms with Crippen LogP contribution in [0.2, 0.25) is 0 Å². The van der Waals surface area contributed by atoms with Crippen LogP contribution in [0.25, 0.3) is 0 Å². The quantitative estimate of drug-likeness (QED) is 0.752. The Morgan fingerprint density at radius 3 is 2.64 bits per heavy atom. The number of carbonyl (C=O) groups excluding carboxylic acids is 1. The Balaban J connectivity index is 1.55. The van der Waals surface area contributed by atoms with Gasteiger partial charge in [0.1, 0.15) is 5.82 Å². The first-order chi connectivity index (χ1) is 13.4. The van der Waals surface area contributed by atoms with Gasteiger partial charge >= 0.3 is 0 Å². The third-order valence-corrected chi connectivity index (χ3v) is 5.52. The van der Waals surface area contributed by atoms with Crippen LogP contribution in [0.4, 0.5) is 0 Å². The number of amides is 1. The van der Waals surface area contributed by atoms with Gasteiger partial charge in [-0.2, -0.15) is 5.10 Å². The molecule has 0 saturated carbocycles. The van der Waals surface area contributed by atoms with Gasteiger partial charge in [0.15, 0.2) is 6.10 Å². The molecule has 1 aliphatic heterocycles. The van der Waals surface area contributed by atoms with E-state index in [1.54, 1.807) is 17.0 Å². The molecule has 0 spiro atoms. The molecule has 3 aromatic rings. The Labute approximate surface area is 164 Å². The van der Waals surface area contributed by atoms with E-state index >= 15 is 0 Å². The maximum Gasteiger partial charge on any atom is 0.233 e. The number of benzene rings is 1. The lowest BCUT2D eigenvalue weighted by atomic mass is 9.83. The molecule has 0 aliphatic carbocycles. The molecule has 1 N–H and O–H groups in total. The van der Waals surface area contributed by atoms with E-state index in [-0.39, 0.29) is 5.91 Å². The van der Waals surface area contributed by atoms with Crippen molar-refractivity contribution in [1.82, 2.24) is 24.2 Å². The fraction of sp³-hybridized carbons (Fsp3) is 0.381. The van der Waals surface area contributed by atoms with Crippen molar-refractivity contribution < 1.29 is 9.90 Å². The summed E-state index contributed by atoms with van der Waals surface area (Å²) < 4.78 is 3.65. The summed E-state index contributed by atoms with van der Waals surface area (Å²) >= 11 is 0. The van der Waals surface area contributed by atoms with E-state index in [4.69, 9.17) is 0 Å². The van der Waals surface area contributed by atoms with E-state index < -0.39 is 11.5 Å². The normalized spacial score (nSPS) is 15.4. The Hall–Kier alpha value is -2.93. The number of hydrogen-bond donors (Lipinski definition) is 1. The van der Waals surface area contributed by atoms with Crippen molar-refractivity contribution >= 4 is 5.91 Å². The first-order valence-electron chi connectivity index (χ1n) is 9.44. The van der Waals surface area contributed by atoms with Crippen molar-refractivity contribution in [2.75, 3.05) is 6.54 Å². The summed E-state index contributed by atoms with van der Waals surface area (Å²) in [6, 6.07) is 11.7. The van der Waals surface area contributed by atoms with Gasteiger partial charge in [0.05, 0.1) is 29.9 Å². The van der Waals surface area contributed by atoms with Gasteiger partial charge in [-0.25, -0.2) is 4.98 Å². The lowest BCUT2D eigenvalue weighted by Gasteiger charge is -2.34. The van der Waals surface area contributed by atoms with Crippen molar-refractivity contribution in [3.05, 3.63) is 71.6 Å². The summed E-state index contributed by atoms with van der Waals surface area (Å²) in [6.45, 7) is 5.62. The highest BCUT2D eigenvalue weighted by Gasteiger charge is 2.35. The molecule has 0 unspecified atom stereocenters. The van der Waals surface area contributed by atoms with E-state index in [2.05, 4.69) is 10.1 Å². The molecule has 1 aliphatic rings. The van der Waals surface area contributed by atoms with E-state index in [9.17, 15) is 9.90 Å². The predicted molar refractivity (Wildman–Crippen MR) is 104 cm³/mol. The maximum atomic E-state index is 13.2. The van der Waals surface area contributed by atoms with Gasteiger partial charge in [-0.15, -0.1) is 0 Å². The van der Waals surface area contributed by atoms with Crippen molar-refractivity contribution in [2.24, 2.45) is 7.05 Å². The molecular formula is C21H25N5O2. The first kappa shape index (κ1) is 18.4. The smallest absolute Gasteiger partial charge is 0.233 e. The van der Waals surface area contributed by atoms with Crippen LogP contribution in [-0.4, -0.2) is 41.8 Å². The van der Waals surface area contributed by atoms with E-state index in [0.29, 0.717) is 31.2 Å². The van der Waals surface area contributed by atoms with Gasteiger partial charge in [0.2, 0.25) is 5.91 Å². The summed E-state index contributed by atoms with van der Waals surface area (Å²) in [6.07, 6.45) is 2.56. The molecule has 0 radical (unpaired) electrons. The number of imidazole rings is 1. The number of rotatable bonds is 4. The maximum absolute atomic E-state index is 13.2. The minimum absolute atomic E-state index is 0.0948. The Kier molecular flexibility index (Phi) is 4.55.